The molecule has 0 aliphatic carbocycles. The molecule has 2 N–H and O–H groups in total. The van der Waals surface area contributed by atoms with E-state index < -0.39 is 0 Å². The number of ether oxygens (including phenoxy) is 1. The van der Waals surface area contributed by atoms with Crippen molar-refractivity contribution in [3.8, 4) is 0 Å². The van der Waals surface area contributed by atoms with Crippen LogP contribution in [0.25, 0.3) is 0 Å². The molecule has 0 spiro atoms. The Morgan fingerprint density at radius 3 is 2.57 bits per heavy atom. The number of likely N-dealkylation sites (tertiary alicyclic amines) is 1. The molecule has 0 saturated carbocycles. The smallest absolute Gasteiger partial charge is 0.409 e. The maximum atomic E-state index is 11.8. The van der Waals surface area contributed by atoms with Crippen molar-refractivity contribution in [3.63, 3.8) is 0 Å². The summed E-state index contributed by atoms with van der Waals surface area (Å²) in [6, 6.07) is 10.9. The highest BCUT2D eigenvalue weighted by molar-refractivity contribution is 5.80. The third kappa shape index (κ3) is 6.62. The van der Waals surface area contributed by atoms with E-state index in [2.05, 4.69) is 60.7 Å². The minimum absolute atomic E-state index is 0.209. The molecule has 1 heterocycles. The predicted molar refractivity (Wildman–Crippen MR) is 115 cm³/mol. The number of carbonyl (C=O) groups is 1. The Morgan fingerprint density at radius 1 is 1.29 bits per heavy atom. The molecule has 0 bridgehead atoms. The number of piperidine rings is 1. The average molecular weight is 390 g/mol. The highest BCUT2D eigenvalue weighted by atomic mass is 16.6. The molecule has 7 heteroatoms. The molecule has 1 aliphatic heterocycles. The molecule has 28 heavy (non-hydrogen) atoms. The second-order valence-electron chi connectivity index (χ2n) is 7.12. The SMILES string of the molecule is CCNC(=NCC(C)N(C)c1ccccc1)NC1CCN(C(=O)OCC)CC1. The fourth-order valence-corrected chi connectivity index (χ4v) is 3.20. The number of anilines is 1. The summed E-state index contributed by atoms with van der Waals surface area (Å²) in [6.07, 6.45) is 1.57. The fourth-order valence-electron chi connectivity index (χ4n) is 3.20. The van der Waals surface area contributed by atoms with E-state index in [1.54, 1.807) is 4.90 Å². The van der Waals surface area contributed by atoms with Crippen LogP contribution in [0.5, 0.6) is 0 Å². The lowest BCUT2D eigenvalue weighted by molar-refractivity contribution is 0.0963. The molecular formula is C21H35N5O2. The van der Waals surface area contributed by atoms with Crippen molar-refractivity contribution < 1.29 is 9.53 Å². The van der Waals surface area contributed by atoms with E-state index in [1.165, 1.54) is 5.69 Å². The maximum absolute atomic E-state index is 11.8. The van der Waals surface area contributed by atoms with Gasteiger partial charge in [-0.1, -0.05) is 18.2 Å². The van der Waals surface area contributed by atoms with Gasteiger partial charge in [0.25, 0.3) is 0 Å². The van der Waals surface area contributed by atoms with Crippen molar-refractivity contribution in [2.75, 3.05) is 44.7 Å². The van der Waals surface area contributed by atoms with Gasteiger partial charge in [0.05, 0.1) is 13.2 Å². The van der Waals surface area contributed by atoms with Gasteiger partial charge in [0.1, 0.15) is 0 Å². The Bertz CT molecular complexity index is 614. The van der Waals surface area contributed by atoms with Crippen LogP contribution in [0, 0.1) is 0 Å². The molecule has 1 fully saturated rings. The number of amides is 1. The van der Waals surface area contributed by atoms with Crippen molar-refractivity contribution in [2.45, 2.75) is 45.7 Å². The average Bonchev–Trinajstić information content (AvgIpc) is 2.72. The van der Waals surface area contributed by atoms with E-state index in [-0.39, 0.29) is 12.1 Å². The molecule has 1 unspecified atom stereocenters. The first-order chi connectivity index (χ1) is 13.5. The van der Waals surface area contributed by atoms with Crippen LogP contribution in [0.15, 0.2) is 35.3 Å². The summed E-state index contributed by atoms with van der Waals surface area (Å²) in [7, 11) is 2.10. The number of nitrogens with zero attached hydrogens (tertiary/aromatic N) is 3. The monoisotopic (exact) mass is 389 g/mol. The van der Waals surface area contributed by atoms with Crippen molar-refractivity contribution in [3.05, 3.63) is 30.3 Å². The highest BCUT2D eigenvalue weighted by Gasteiger charge is 2.24. The van der Waals surface area contributed by atoms with Gasteiger partial charge < -0.3 is 25.2 Å². The zero-order chi connectivity index (χ0) is 20.4. The topological polar surface area (TPSA) is 69.2 Å². The number of nitrogens with one attached hydrogen (secondary N) is 2. The molecule has 1 amide bonds. The zero-order valence-corrected chi connectivity index (χ0v) is 17.6. The Hall–Kier alpha value is -2.44. The number of rotatable bonds is 7. The quantitative estimate of drug-likeness (QED) is 0.554. The van der Waals surface area contributed by atoms with E-state index in [9.17, 15) is 4.79 Å². The second kappa shape index (κ2) is 11.4. The largest absolute Gasteiger partial charge is 0.450 e. The van der Waals surface area contributed by atoms with Crippen LogP contribution < -0.4 is 15.5 Å². The lowest BCUT2D eigenvalue weighted by Crippen LogP contribution is -2.50. The Kier molecular flexibility index (Phi) is 8.91. The summed E-state index contributed by atoms with van der Waals surface area (Å²) in [6.45, 7) is 9.44. The molecule has 0 aromatic heterocycles. The number of aliphatic imine (C=N–C) groups is 1. The number of likely N-dealkylation sites (N-methyl/N-ethyl adjacent to an activating group) is 1. The van der Waals surface area contributed by atoms with Crippen LogP contribution in [0.1, 0.15) is 33.6 Å². The van der Waals surface area contributed by atoms with E-state index in [0.29, 0.717) is 32.3 Å². The van der Waals surface area contributed by atoms with E-state index >= 15 is 0 Å². The second-order valence-corrected chi connectivity index (χ2v) is 7.12. The minimum atomic E-state index is -0.209. The number of hydrogen-bond acceptors (Lipinski definition) is 4. The molecule has 1 saturated heterocycles. The van der Waals surface area contributed by atoms with Gasteiger partial charge in [-0.05, 0) is 45.7 Å². The number of benzene rings is 1. The normalized spacial score (nSPS) is 16.4. The van der Waals surface area contributed by atoms with Gasteiger partial charge >= 0.3 is 6.09 Å². The van der Waals surface area contributed by atoms with Gasteiger partial charge in [0.2, 0.25) is 0 Å². The summed E-state index contributed by atoms with van der Waals surface area (Å²) in [5.74, 6) is 0.838. The number of carbonyl (C=O) groups excluding carboxylic acids is 1. The number of hydrogen-bond donors (Lipinski definition) is 2. The molecule has 156 valence electrons. The lowest BCUT2D eigenvalue weighted by Gasteiger charge is -2.32. The fraction of sp³-hybridized carbons (Fsp3) is 0.619. The standard InChI is InChI=1S/C21H35N5O2/c1-5-22-20(23-16-17(3)25(4)19-10-8-7-9-11-19)24-18-12-14-26(15-13-18)21(27)28-6-2/h7-11,17-18H,5-6,12-16H2,1-4H3,(H2,22,23,24). The van der Waals surface area contributed by atoms with Gasteiger partial charge in [-0.3, -0.25) is 4.99 Å². The van der Waals surface area contributed by atoms with Crippen molar-refractivity contribution in [1.82, 2.24) is 15.5 Å². The van der Waals surface area contributed by atoms with Gasteiger partial charge in [-0.2, -0.15) is 0 Å². The number of para-hydroxylation sites is 1. The van der Waals surface area contributed by atoms with E-state index in [4.69, 9.17) is 9.73 Å². The summed E-state index contributed by atoms with van der Waals surface area (Å²) in [5, 5.41) is 6.86. The first-order valence-electron chi connectivity index (χ1n) is 10.3. The van der Waals surface area contributed by atoms with Crippen LogP contribution in [0.2, 0.25) is 0 Å². The molecule has 1 aliphatic rings. The van der Waals surface area contributed by atoms with Crippen LogP contribution in [-0.4, -0.2) is 68.9 Å². The molecule has 7 nitrogen and oxygen atoms in total. The summed E-state index contributed by atoms with van der Waals surface area (Å²) >= 11 is 0. The van der Waals surface area contributed by atoms with Crippen molar-refractivity contribution in [2.24, 2.45) is 4.99 Å². The molecule has 0 radical (unpaired) electrons. The highest BCUT2D eigenvalue weighted by Crippen LogP contribution is 2.14. The third-order valence-electron chi connectivity index (χ3n) is 5.04. The Morgan fingerprint density at radius 2 is 1.96 bits per heavy atom. The van der Waals surface area contributed by atoms with Crippen LogP contribution in [0.4, 0.5) is 10.5 Å². The van der Waals surface area contributed by atoms with E-state index in [0.717, 1.165) is 25.3 Å². The van der Waals surface area contributed by atoms with Crippen LogP contribution >= 0.6 is 0 Å². The van der Waals surface area contributed by atoms with Gasteiger partial charge in [0, 0.05) is 44.5 Å². The summed E-state index contributed by atoms with van der Waals surface area (Å²) in [4.78, 5) is 20.6. The summed E-state index contributed by atoms with van der Waals surface area (Å²) in [5.41, 5.74) is 1.19. The maximum Gasteiger partial charge on any atom is 0.409 e. The van der Waals surface area contributed by atoms with Crippen molar-refractivity contribution in [1.29, 1.82) is 0 Å². The Labute approximate surface area is 169 Å². The predicted octanol–water partition coefficient (Wildman–Crippen LogP) is 2.69. The third-order valence-corrected chi connectivity index (χ3v) is 5.04. The van der Waals surface area contributed by atoms with E-state index in [1.807, 2.05) is 13.0 Å². The molecular weight excluding hydrogens is 354 g/mol. The number of guanidine groups is 1. The summed E-state index contributed by atoms with van der Waals surface area (Å²) < 4.78 is 5.09. The van der Waals surface area contributed by atoms with Gasteiger partial charge in [-0.15, -0.1) is 0 Å². The minimum Gasteiger partial charge on any atom is -0.450 e. The van der Waals surface area contributed by atoms with Gasteiger partial charge in [-0.25, -0.2) is 4.79 Å². The molecule has 1 aromatic carbocycles. The van der Waals surface area contributed by atoms with Crippen LogP contribution in [0.3, 0.4) is 0 Å². The zero-order valence-electron chi connectivity index (χ0n) is 17.6. The molecule has 1 atom stereocenters. The van der Waals surface area contributed by atoms with Crippen molar-refractivity contribution >= 4 is 17.7 Å². The molecule has 1 aromatic rings. The lowest BCUT2D eigenvalue weighted by atomic mass is 10.1. The Balaban J connectivity index is 1.86. The first kappa shape index (κ1) is 21.9. The first-order valence-corrected chi connectivity index (χ1v) is 10.3. The van der Waals surface area contributed by atoms with Crippen LogP contribution in [-0.2, 0) is 4.74 Å². The van der Waals surface area contributed by atoms with Gasteiger partial charge in [0.15, 0.2) is 5.96 Å². The molecule has 2 rings (SSSR count).